The van der Waals surface area contributed by atoms with Crippen LogP contribution in [0.5, 0.6) is 0 Å². The molecule has 0 aromatic heterocycles. The second-order valence-corrected chi connectivity index (χ2v) is 11.1. The molecule has 2 amide bonds. The maximum atomic E-state index is 13.4. The van der Waals surface area contributed by atoms with Crippen molar-refractivity contribution in [3.63, 3.8) is 0 Å². The smallest absolute Gasteiger partial charge is 0.242 e. The highest BCUT2D eigenvalue weighted by atomic mass is 32.2. The van der Waals surface area contributed by atoms with Crippen LogP contribution in [0, 0.1) is 19.7 Å². The van der Waals surface area contributed by atoms with Gasteiger partial charge in [0.2, 0.25) is 21.8 Å². The normalized spacial score (nSPS) is 12.2. The maximum Gasteiger partial charge on any atom is 0.242 e. The Bertz CT molecular complexity index is 1140. The van der Waals surface area contributed by atoms with Crippen LogP contribution in [0.3, 0.4) is 0 Å². The Labute approximate surface area is 214 Å². The Hall–Kier alpha value is -2.94. The van der Waals surface area contributed by atoms with Gasteiger partial charge in [0.15, 0.2) is 0 Å². The summed E-state index contributed by atoms with van der Waals surface area (Å²) in [4.78, 5) is 27.5. The van der Waals surface area contributed by atoms with Gasteiger partial charge in [0, 0.05) is 26.1 Å². The van der Waals surface area contributed by atoms with Gasteiger partial charge in [-0.25, -0.2) is 12.8 Å². The van der Waals surface area contributed by atoms with E-state index >= 15 is 0 Å². The number of aryl methyl sites for hydroxylation is 2. The summed E-state index contributed by atoms with van der Waals surface area (Å²) in [6, 6.07) is 10.7. The molecule has 198 valence electrons. The summed E-state index contributed by atoms with van der Waals surface area (Å²) in [6.07, 6.45) is 3.27. The molecule has 0 aliphatic carbocycles. The topological polar surface area (TPSA) is 86.8 Å². The SMILES string of the molecule is CCCCNC(=O)[C@@H](C)N(Cc1ccc(F)cc1)C(=O)CCCN(c1cc(C)ccc1C)S(C)(=O)=O. The Morgan fingerprint density at radius 3 is 2.33 bits per heavy atom. The van der Waals surface area contributed by atoms with Gasteiger partial charge < -0.3 is 10.2 Å². The molecule has 1 N–H and O–H groups in total. The second kappa shape index (κ2) is 13.4. The highest BCUT2D eigenvalue weighted by Gasteiger charge is 2.26. The van der Waals surface area contributed by atoms with Crippen molar-refractivity contribution >= 4 is 27.5 Å². The van der Waals surface area contributed by atoms with Crippen molar-refractivity contribution in [2.45, 2.75) is 66.0 Å². The molecule has 0 unspecified atom stereocenters. The number of amides is 2. The van der Waals surface area contributed by atoms with Crippen molar-refractivity contribution in [3.8, 4) is 0 Å². The van der Waals surface area contributed by atoms with E-state index in [9.17, 15) is 22.4 Å². The van der Waals surface area contributed by atoms with Crippen LogP contribution in [0.4, 0.5) is 10.1 Å². The van der Waals surface area contributed by atoms with Crippen molar-refractivity contribution in [2.75, 3.05) is 23.7 Å². The number of nitrogens with zero attached hydrogens (tertiary/aromatic N) is 2. The van der Waals surface area contributed by atoms with E-state index in [0.29, 0.717) is 17.8 Å². The zero-order valence-electron chi connectivity index (χ0n) is 21.9. The lowest BCUT2D eigenvalue weighted by Gasteiger charge is -2.29. The highest BCUT2D eigenvalue weighted by molar-refractivity contribution is 7.92. The van der Waals surface area contributed by atoms with Gasteiger partial charge in [-0.3, -0.25) is 13.9 Å². The number of benzene rings is 2. The van der Waals surface area contributed by atoms with Gasteiger partial charge in [-0.2, -0.15) is 0 Å². The molecular weight excluding hydrogens is 481 g/mol. The van der Waals surface area contributed by atoms with Gasteiger partial charge in [-0.15, -0.1) is 0 Å². The minimum Gasteiger partial charge on any atom is -0.354 e. The van der Waals surface area contributed by atoms with Crippen LogP contribution in [0.15, 0.2) is 42.5 Å². The predicted octanol–water partition coefficient (Wildman–Crippen LogP) is 4.32. The average Bonchev–Trinajstić information content (AvgIpc) is 2.82. The van der Waals surface area contributed by atoms with E-state index in [1.54, 1.807) is 19.1 Å². The van der Waals surface area contributed by atoms with Crippen LogP contribution < -0.4 is 9.62 Å². The molecular formula is C27H38FN3O4S. The number of rotatable bonds is 13. The first-order chi connectivity index (χ1) is 16.9. The number of hydrogen-bond acceptors (Lipinski definition) is 4. The second-order valence-electron chi connectivity index (χ2n) is 9.20. The summed E-state index contributed by atoms with van der Waals surface area (Å²) in [6.45, 7) is 8.25. The van der Waals surface area contributed by atoms with Crippen LogP contribution in [-0.2, 0) is 26.2 Å². The fourth-order valence-corrected chi connectivity index (χ4v) is 4.89. The van der Waals surface area contributed by atoms with E-state index < -0.39 is 16.1 Å². The number of nitrogens with one attached hydrogen (secondary N) is 1. The molecule has 0 spiro atoms. The van der Waals surface area contributed by atoms with Gasteiger partial charge in [0.25, 0.3) is 0 Å². The molecule has 0 saturated heterocycles. The minimum atomic E-state index is -3.56. The molecule has 2 rings (SSSR count). The molecule has 0 aliphatic heterocycles. The number of unbranched alkanes of at least 4 members (excludes halogenated alkanes) is 1. The van der Waals surface area contributed by atoms with Gasteiger partial charge in [0.1, 0.15) is 11.9 Å². The number of anilines is 1. The predicted molar refractivity (Wildman–Crippen MR) is 142 cm³/mol. The third-order valence-corrected chi connectivity index (χ3v) is 7.23. The van der Waals surface area contributed by atoms with Crippen molar-refractivity contribution in [1.82, 2.24) is 10.2 Å². The van der Waals surface area contributed by atoms with Gasteiger partial charge in [-0.05, 0) is 68.5 Å². The van der Waals surface area contributed by atoms with Crippen LogP contribution in [0.25, 0.3) is 0 Å². The first-order valence-corrected chi connectivity index (χ1v) is 14.2. The average molecular weight is 520 g/mol. The zero-order chi connectivity index (χ0) is 26.9. The lowest BCUT2D eigenvalue weighted by molar-refractivity contribution is -0.140. The third-order valence-electron chi connectivity index (χ3n) is 6.05. The molecule has 0 aliphatic rings. The highest BCUT2D eigenvalue weighted by Crippen LogP contribution is 2.24. The number of halogens is 1. The number of carbonyl (C=O) groups excluding carboxylic acids is 2. The first-order valence-electron chi connectivity index (χ1n) is 12.3. The van der Waals surface area contributed by atoms with Crippen LogP contribution >= 0.6 is 0 Å². The molecule has 9 heteroatoms. The molecule has 0 bridgehead atoms. The van der Waals surface area contributed by atoms with E-state index in [1.165, 1.54) is 21.3 Å². The number of sulfonamides is 1. The van der Waals surface area contributed by atoms with Crippen LogP contribution in [0.1, 0.15) is 56.2 Å². The molecule has 1 atom stereocenters. The minimum absolute atomic E-state index is 0.0602. The van der Waals surface area contributed by atoms with Crippen molar-refractivity contribution in [3.05, 3.63) is 65.0 Å². The Morgan fingerprint density at radius 2 is 1.72 bits per heavy atom. The lowest BCUT2D eigenvalue weighted by atomic mass is 10.1. The third kappa shape index (κ3) is 8.62. The fraction of sp³-hybridized carbons (Fsp3) is 0.481. The van der Waals surface area contributed by atoms with E-state index in [-0.39, 0.29) is 43.6 Å². The Morgan fingerprint density at radius 1 is 1.06 bits per heavy atom. The first kappa shape index (κ1) is 29.3. The number of hydrogen-bond donors (Lipinski definition) is 1. The molecule has 0 saturated carbocycles. The molecule has 36 heavy (non-hydrogen) atoms. The van der Waals surface area contributed by atoms with E-state index in [2.05, 4.69) is 5.32 Å². The fourth-order valence-electron chi connectivity index (χ4n) is 3.88. The van der Waals surface area contributed by atoms with E-state index in [0.717, 1.165) is 30.2 Å². The summed E-state index contributed by atoms with van der Waals surface area (Å²) in [5.41, 5.74) is 3.06. The molecule has 0 heterocycles. The van der Waals surface area contributed by atoms with Gasteiger partial charge in [-0.1, -0.05) is 37.6 Å². The summed E-state index contributed by atoms with van der Waals surface area (Å²) in [5, 5.41) is 2.86. The standard InChI is InChI=1S/C27H38FN3O4S/c1-6-7-16-29-27(33)22(4)30(19-23-12-14-24(28)15-13-23)26(32)9-8-17-31(36(5,34)35)25-18-20(2)10-11-21(25)3/h10-15,18,22H,6-9,16-17,19H2,1-5H3,(H,29,33)/t22-/m1/s1. The Kier molecular flexibility index (Phi) is 10.9. The quantitative estimate of drug-likeness (QED) is 0.399. The summed E-state index contributed by atoms with van der Waals surface area (Å²) >= 11 is 0. The maximum absolute atomic E-state index is 13.4. The lowest BCUT2D eigenvalue weighted by Crippen LogP contribution is -2.48. The van der Waals surface area contributed by atoms with Crippen LogP contribution in [-0.4, -0.2) is 50.5 Å². The van der Waals surface area contributed by atoms with Crippen molar-refractivity contribution in [1.29, 1.82) is 0 Å². The Balaban J connectivity index is 2.17. The van der Waals surface area contributed by atoms with Crippen LogP contribution in [0.2, 0.25) is 0 Å². The van der Waals surface area contributed by atoms with Gasteiger partial charge in [0.05, 0.1) is 11.9 Å². The summed E-state index contributed by atoms with van der Waals surface area (Å²) in [5.74, 6) is -0.909. The molecule has 0 fully saturated rings. The summed E-state index contributed by atoms with van der Waals surface area (Å²) in [7, 11) is -3.56. The molecule has 7 nitrogen and oxygen atoms in total. The van der Waals surface area contributed by atoms with Crippen molar-refractivity contribution < 1.29 is 22.4 Å². The van der Waals surface area contributed by atoms with Crippen molar-refractivity contribution in [2.24, 2.45) is 0 Å². The molecule has 2 aromatic carbocycles. The summed E-state index contributed by atoms with van der Waals surface area (Å²) < 4.78 is 39.8. The van der Waals surface area contributed by atoms with E-state index in [1.807, 2.05) is 39.0 Å². The monoisotopic (exact) mass is 519 g/mol. The number of carbonyl (C=O) groups is 2. The molecule has 0 radical (unpaired) electrons. The van der Waals surface area contributed by atoms with Gasteiger partial charge >= 0.3 is 0 Å². The largest absolute Gasteiger partial charge is 0.354 e. The van der Waals surface area contributed by atoms with E-state index in [4.69, 9.17) is 0 Å². The molecule has 2 aromatic rings. The zero-order valence-corrected chi connectivity index (χ0v) is 22.7.